The molecule has 1 amide bonds. The Morgan fingerprint density at radius 3 is 2.44 bits per heavy atom. The predicted molar refractivity (Wildman–Crippen MR) is 121 cm³/mol. The maximum Gasteiger partial charge on any atom is 0.284 e. The van der Waals surface area contributed by atoms with Crippen molar-refractivity contribution >= 4 is 26.6 Å². The molecule has 0 fully saturated rings. The van der Waals surface area contributed by atoms with Crippen molar-refractivity contribution in [1.82, 2.24) is 5.32 Å². The molecule has 0 aliphatic rings. The van der Waals surface area contributed by atoms with Crippen LogP contribution in [-0.4, -0.2) is 31.5 Å². The lowest BCUT2D eigenvalue weighted by molar-refractivity contribution is -0.114. The maximum atomic E-state index is 14.5. The Kier molecular flexibility index (Phi) is 8.38. The summed E-state index contributed by atoms with van der Waals surface area (Å²) in [4.78, 5) is 22.4. The number of nitrogens with one attached hydrogen (secondary N) is 1. The lowest BCUT2D eigenvalue weighted by Gasteiger charge is -2.19. The lowest BCUT2D eigenvalue weighted by atomic mass is 9.98. The highest BCUT2D eigenvalue weighted by Gasteiger charge is 2.32. The molecule has 0 bridgehead atoms. The first kappa shape index (κ1) is 25.3. The highest BCUT2D eigenvalue weighted by Crippen LogP contribution is 2.40. The Bertz CT molecular complexity index is 1070. The van der Waals surface area contributed by atoms with Gasteiger partial charge in [0, 0.05) is 29.3 Å². The number of benzene rings is 2. The second-order valence-corrected chi connectivity index (χ2v) is 7.72. The van der Waals surface area contributed by atoms with Gasteiger partial charge in [-0.15, -0.1) is 0 Å². The fourth-order valence-corrected chi connectivity index (χ4v) is 3.61. The van der Waals surface area contributed by atoms with Gasteiger partial charge in [0.1, 0.15) is 19.5 Å². The SMILES string of the molecule is CNC(=O)/C(=N/OC)c1cccc(C)c1CO/N=C(\C)c1c(F)ccc(C)c1C(F)(F)P. The molecule has 0 aliphatic heterocycles. The molecule has 0 spiro atoms. The van der Waals surface area contributed by atoms with Crippen LogP contribution in [-0.2, 0) is 26.7 Å². The number of nitrogens with zero attached hydrogens (tertiary/aromatic N) is 2. The number of oxime groups is 2. The van der Waals surface area contributed by atoms with Crippen molar-refractivity contribution in [2.75, 3.05) is 14.2 Å². The Morgan fingerprint density at radius 1 is 1.16 bits per heavy atom. The zero-order valence-electron chi connectivity index (χ0n) is 18.4. The summed E-state index contributed by atoms with van der Waals surface area (Å²) in [6.07, 6.45) is 0. The van der Waals surface area contributed by atoms with Crippen molar-refractivity contribution in [3.8, 4) is 0 Å². The third-order valence-corrected chi connectivity index (χ3v) is 5.05. The third kappa shape index (κ3) is 5.65. The number of halogens is 3. The van der Waals surface area contributed by atoms with E-state index in [1.165, 1.54) is 43.3 Å². The van der Waals surface area contributed by atoms with E-state index in [0.29, 0.717) is 11.1 Å². The topological polar surface area (TPSA) is 72.3 Å². The summed E-state index contributed by atoms with van der Waals surface area (Å²) in [5, 5.41) is 10.2. The van der Waals surface area contributed by atoms with E-state index >= 15 is 0 Å². The molecule has 0 aromatic heterocycles. The maximum absolute atomic E-state index is 14.5. The van der Waals surface area contributed by atoms with Crippen LogP contribution in [0.4, 0.5) is 13.2 Å². The Balaban J connectivity index is 2.43. The molecule has 1 N–H and O–H groups in total. The van der Waals surface area contributed by atoms with E-state index in [4.69, 9.17) is 9.68 Å². The van der Waals surface area contributed by atoms with Crippen LogP contribution in [0.3, 0.4) is 0 Å². The van der Waals surface area contributed by atoms with Gasteiger partial charge in [0.25, 0.3) is 11.6 Å². The summed E-state index contributed by atoms with van der Waals surface area (Å²) in [5.41, 5.74) is -2.10. The highest BCUT2D eigenvalue weighted by atomic mass is 31.0. The number of hydrogen-bond acceptors (Lipinski definition) is 5. The van der Waals surface area contributed by atoms with Crippen LogP contribution in [0, 0.1) is 19.7 Å². The zero-order valence-corrected chi connectivity index (χ0v) is 19.6. The molecule has 2 aromatic carbocycles. The van der Waals surface area contributed by atoms with Gasteiger partial charge in [0.15, 0.2) is 5.71 Å². The van der Waals surface area contributed by atoms with E-state index in [-0.39, 0.29) is 29.2 Å². The second kappa shape index (κ2) is 10.6. The molecular formula is C22H25F3N3O3P. The Labute approximate surface area is 187 Å². The third-order valence-electron chi connectivity index (χ3n) is 4.76. The molecule has 0 saturated heterocycles. The molecule has 10 heteroatoms. The number of aryl methyl sites for hydroxylation is 2. The van der Waals surface area contributed by atoms with Gasteiger partial charge >= 0.3 is 0 Å². The second-order valence-electron chi connectivity index (χ2n) is 6.99. The Morgan fingerprint density at radius 2 is 1.84 bits per heavy atom. The minimum Gasteiger partial charge on any atom is -0.398 e. The molecule has 6 nitrogen and oxygen atoms in total. The van der Waals surface area contributed by atoms with Crippen molar-refractivity contribution < 1.29 is 27.6 Å². The van der Waals surface area contributed by atoms with Crippen LogP contribution >= 0.6 is 9.24 Å². The molecule has 1 atom stereocenters. The summed E-state index contributed by atoms with van der Waals surface area (Å²) < 4.78 is 42.7. The van der Waals surface area contributed by atoms with Crippen molar-refractivity contribution in [1.29, 1.82) is 0 Å². The monoisotopic (exact) mass is 467 g/mol. The molecule has 0 aliphatic carbocycles. The van der Waals surface area contributed by atoms with E-state index in [0.717, 1.165) is 11.6 Å². The van der Waals surface area contributed by atoms with Gasteiger partial charge in [-0.05, 0) is 38.0 Å². The molecule has 0 heterocycles. The average molecular weight is 467 g/mol. The number of amides is 1. The van der Waals surface area contributed by atoms with E-state index in [1.807, 2.05) is 0 Å². The summed E-state index contributed by atoms with van der Waals surface area (Å²) >= 11 is 0. The smallest absolute Gasteiger partial charge is 0.284 e. The minimum atomic E-state index is -3.35. The van der Waals surface area contributed by atoms with Gasteiger partial charge in [0.05, 0.1) is 5.71 Å². The van der Waals surface area contributed by atoms with Crippen molar-refractivity contribution in [3.05, 3.63) is 69.5 Å². The summed E-state index contributed by atoms with van der Waals surface area (Å²) in [7, 11) is 4.20. The van der Waals surface area contributed by atoms with Crippen LogP contribution in [0.2, 0.25) is 0 Å². The quantitative estimate of drug-likeness (QED) is 0.355. The van der Waals surface area contributed by atoms with E-state index in [9.17, 15) is 18.0 Å². The van der Waals surface area contributed by atoms with Gasteiger partial charge < -0.3 is 15.0 Å². The van der Waals surface area contributed by atoms with Gasteiger partial charge in [-0.2, -0.15) is 8.78 Å². The first-order chi connectivity index (χ1) is 15.0. The van der Waals surface area contributed by atoms with Crippen molar-refractivity contribution in [3.63, 3.8) is 0 Å². The number of carbonyl (C=O) groups is 1. The van der Waals surface area contributed by atoms with Crippen molar-refractivity contribution in [2.45, 2.75) is 33.0 Å². The minimum absolute atomic E-state index is 0.0349. The van der Waals surface area contributed by atoms with Crippen LogP contribution in [0.5, 0.6) is 0 Å². The molecule has 1 unspecified atom stereocenters. The molecule has 172 valence electrons. The molecule has 2 rings (SSSR count). The molecule has 2 aromatic rings. The van der Waals surface area contributed by atoms with Gasteiger partial charge in [-0.25, -0.2) is 4.39 Å². The van der Waals surface area contributed by atoms with E-state index < -0.39 is 23.0 Å². The van der Waals surface area contributed by atoms with Crippen LogP contribution in [0.15, 0.2) is 40.6 Å². The van der Waals surface area contributed by atoms with Gasteiger partial charge in [-0.1, -0.05) is 43.8 Å². The Hall–Kier alpha value is -2.93. The fraction of sp³-hybridized carbons (Fsp3) is 0.318. The normalized spacial score (nSPS) is 12.5. The fourth-order valence-electron chi connectivity index (χ4n) is 3.24. The number of carbonyl (C=O) groups excluding carboxylic acids is 1. The van der Waals surface area contributed by atoms with Gasteiger partial charge in [-0.3, -0.25) is 4.79 Å². The summed E-state index contributed by atoms with van der Waals surface area (Å²) in [6, 6.07) is 7.62. The average Bonchev–Trinajstić information content (AvgIpc) is 2.73. The number of likely N-dealkylation sites (N-methyl/N-ethyl adjacent to an activating group) is 1. The van der Waals surface area contributed by atoms with E-state index in [1.54, 1.807) is 25.1 Å². The standard InChI is InChI=1S/C22H25F3N3O3P/c1-12-7-6-8-15(20(28-30-5)21(29)26-4)16(12)11-31-27-14(3)18-17(23)10-9-13(2)19(18)22(24,25)32/h6-10H,11,32H2,1-5H3,(H,26,29)/b27-14+,28-20+. The number of hydrogen-bond donors (Lipinski definition) is 1. The van der Waals surface area contributed by atoms with Crippen LogP contribution in [0.1, 0.15) is 40.3 Å². The van der Waals surface area contributed by atoms with Gasteiger partial charge in [0.2, 0.25) is 0 Å². The molecule has 0 saturated carbocycles. The summed E-state index contributed by atoms with van der Waals surface area (Å²) in [6.45, 7) is 4.55. The first-order valence-corrected chi connectivity index (χ1v) is 10.2. The van der Waals surface area contributed by atoms with Crippen LogP contribution < -0.4 is 5.32 Å². The largest absolute Gasteiger partial charge is 0.398 e. The predicted octanol–water partition coefficient (Wildman–Crippen LogP) is 4.40. The molecule has 32 heavy (non-hydrogen) atoms. The molecular weight excluding hydrogens is 442 g/mol. The summed E-state index contributed by atoms with van der Waals surface area (Å²) in [5.74, 6) is -1.30. The highest BCUT2D eigenvalue weighted by molar-refractivity contribution is 7.17. The van der Waals surface area contributed by atoms with E-state index in [2.05, 4.69) is 15.6 Å². The first-order valence-electron chi connectivity index (χ1n) is 9.58. The van der Waals surface area contributed by atoms with Crippen LogP contribution in [0.25, 0.3) is 0 Å². The van der Waals surface area contributed by atoms with Crippen molar-refractivity contribution in [2.24, 2.45) is 10.3 Å². The zero-order chi connectivity index (χ0) is 24.1. The number of rotatable bonds is 8. The number of alkyl halides is 2. The molecule has 0 radical (unpaired) electrons. The lowest BCUT2D eigenvalue weighted by Crippen LogP contribution is -2.29.